The minimum atomic E-state index is 0.913. The van der Waals surface area contributed by atoms with Crippen molar-refractivity contribution >= 4 is 6.08 Å². The van der Waals surface area contributed by atoms with Gasteiger partial charge in [-0.3, -0.25) is 0 Å². The van der Waals surface area contributed by atoms with E-state index in [2.05, 4.69) is 42.5 Å². The smallest absolute Gasteiger partial charge is 0.118 e. The second-order valence-corrected chi connectivity index (χ2v) is 5.02. The molecule has 0 heterocycles. The Bertz CT molecular complexity index is 593. The lowest BCUT2D eigenvalue weighted by molar-refractivity contribution is 0.415. The highest BCUT2D eigenvalue weighted by atomic mass is 16.5. The van der Waals surface area contributed by atoms with Gasteiger partial charge in [0, 0.05) is 0 Å². The van der Waals surface area contributed by atoms with Crippen molar-refractivity contribution in [1.82, 2.24) is 0 Å². The van der Waals surface area contributed by atoms with Gasteiger partial charge >= 0.3 is 0 Å². The molecule has 0 fully saturated rings. The first-order valence-electron chi connectivity index (χ1n) is 6.75. The summed E-state index contributed by atoms with van der Waals surface area (Å²) in [6.45, 7) is 0. The van der Waals surface area contributed by atoms with Crippen molar-refractivity contribution in [2.75, 3.05) is 7.11 Å². The zero-order valence-electron chi connectivity index (χ0n) is 11.2. The number of fused-ring (bicyclic) bond motifs is 1. The van der Waals surface area contributed by atoms with Gasteiger partial charge in [-0.05, 0) is 48.1 Å². The fourth-order valence-corrected chi connectivity index (χ4v) is 2.66. The van der Waals surface area contributed by atoms with Gasteiger partial charge in [-0.25, -0.2) is 0 Å². The first kappa shape index (κ1) is 12.0. The topological polar surface area (TPSA) is 9.23 Å². The molecule has 0 saturated carbocycles. The highest BCUT2D eigenvalue weighted by Crippen LogP contribution is 2.26. The Balaban J connectivity index is 1.81. The highest BCUT2D eigenvalue weighted by molar-refractivity contribution is 5.56. The summed E-state index contributed by atoms with van der Waals surface area (Å²) in [6, 6.07) is 17.0. The van der Waals surface area contributed by atoms with Crippen LogP contribution in [0.4, 0.5) is 0 Å². The van der Waals surface area contributed by atoms with E-state index in [0.29, 0.717) is 0 Å². The molecule has 1 nitrogen and oxygen atoms in total. The van der Waals surface area contributed by atoms with E-state index in [-0.39, 0.29) is 0 Å². The third-order valence-electron chi connectivity index (χ3n) is 3.74. The zero-order valence-corrected chi connectivity index (χ0v) is 11.2. The van der Waals surface area contributed by atoms with Crippen molar-refractivity contribution in [3.63, 3.8) is 0 Å². The van der Waals surface area contributed by atoms with Crippen molar-refractivity contribution < 1.29 is 4.74 Å². The molecule has 0 amide bonds. The lowest BCUT2D eigenvalue weighted by atomic mass is 9.87. The van der Waals surface area contributed by atoms with Gasteiger partial charge in [0.1, 0.15) is 5.75 Å². The lowest BCUT2D eigenvalue weighted by Crippen LogP contribution is -2.04. The molecule has 0 bridgehead atoms. The standard InChI is InChI=1S/C18H18O/c1-19-18-10-7-14(8-11-18)12-15-6-9-16-4-2-3-5-17(16)13-15/h2-5,7-8,10-12H,6,9,13H2,1H3/b15-12-. The summed E-state index contributed by atoms with van der Waals surface area (Å²) >= 11 is 0. The maximum Gasteiger partial charge on any atom is 0.118 e. The summed E-state index contributed by atoms with van der Waals surface area (Å²) in [5.41, 5.74) is 5.77. The quantitative estimate of drug-likeness (QED) is 0.773. The maximum atomic E-state index is 5.18. The molecule has 0 atom stereocenters. The number of benzene rings is 2. The van der Waals surface area contributed by atoms with Crippen molar-refractivity contribution in [2.45, 2.75) is 19.3 Å². The SMILES string of the molecule is COc1ccc(/C=C2/CCc3ccccc3C2)cc1. The summed E-state index contributed by atoms with van der Waals surface area (Å²) in [4.78, 5) is 0. The molecule has 0 unspecified atom stereocenters. The van der Waals surface area contributed by atoms with Gasteiger partial charge in [0.25, 0.3) is 0 Å². The second kappa shape index (κ2) is 5.31. The van der Waals surface area contributed by atoms with Crippen molar-refractivity contribution in [2.24, 2.45) is 0 Å². The predicted octanol–water partition coefficient (Wildman–Crippen LogP) is 4.27. The summed E-state index contributed by atoms with van der Waals surface area (Å²) in [5, 5.41) is 0. The molecule has 0 saturated heterocycles. The summed E-state index contributed by atoms with van der Waals surface area (Å²) < 4.78 is 5.18. The van der Waals surface area contributed by atoms with Gasteiger partial charge in [0.15, 0.2) is 0 Å². The molecular formula is C18H18O. The fraction of sp³-hybridized carbons (Fsp3) is 0.222. The molecule has 0 spiro atoms. The van der Waals surface area contributed by atoms with Crippen LogP contribution in [-0.2, 0) is 12.8 Å². The average Bonchev–Trinajstić information content (AvgIpc) is 2.48. The first-order chi connectivity index (χ1) is 9.35. The Kier molecular flexibility index (Phi) is 3.37. The largest absolute Gasteiger partial charge is 0.497 e. The number of rotatable bonds is 2. The van der Waals surface area contributed by atoms with E-state index >= 15 is 0 Å². The van der Waals surface area contributed by atoms with Crippen LogP contribution in [0.25, 0.3) is 6.08 Å². The van der Waals surface area contributed by atoms with Crippen LogP contribution in [0, 0.1) is 0 Å². The van der Waals surface area contributed by atoms with Gasteiger partial charge in [0.05, 0.1) is 7.11 Å². The molecule has 19 heavy (non-hydrogen) atoms. The second-order valence-electron chi connectivity index (χ2n) is 5.02. The molecule has 2 aromatic carbocycles. The first-order valence-corrected chi connectivity index (χ1v) is 6.75. The molecule has 0 radical (unpaired) electrons. The molecule has 0 aromatic heterocycles. The fourth-order valence-electron chi connectivity index (χ4n) is 2.66. The van der Waals surface area contributed by atoms with E-state index in [1.165, 1.54) is 28.7 Å². The number of ether oxygens (including phenoxy) is 1. The third-order valence-corrected chi connectivity index (χ3v) is 3.74. The number of hydrogen-bond donors (Lipinski definition) is 0. The Labute approximate surface area is 114 Å². The van der Waals surface area contributed by atoms with Gasteiger partial charge in [-0.2, -0.15) is 0 Å². The van der Waals surface area contributed by atoms with Crippen molar-refractivity contribution in [3.8, 4) is 5.75 Å². The number of aryl methyl sites for hydroxylation is 1. The minimum absolute atomic E-state index is 0.913. The predicted molar refractivity (Wildman–Crippen MR) is 79.4 cm³/mol. The normalized spacial score (nSPS) is 16.2. The van der Waals surface area contributed by atoms with E-state index in [9.17, 15) is 0 Å². The van der Waals surface area contributed by atoms with Crippen molar-refractivity contribution in [3.05, 3.63) is 70.8 Å². The van der Waals surface area contributed by atoms with E-state index < -0.39 is 0 Å². The lowest BCUT2D eigenvalue weighted by Gasteiger charge is -2.18. The molecule has 0 aliphatic heterocycles. The van der Waals surface area contributed by atoms with Crippen LogP contribution in [0.3, 0.4) is 0 Å². The van der Waals surface area contributed by atoms with Crippen LogP contribution < -0.4 is 4.74 Å². The molecule has 0 N–H and O–H groups in total. The van der Waals surface area contributed by atoms with Crippen LogP contribution in [0.5, 0.6) is 5.75 Å². The van der Waals surface area contributed by atoms with Crippen LogP contribution >= 0.6 is 0 Å². The molecule has 96 valence electrons. The minimum Gasteiger partial charge on any atom is -0.497 e. The Morgan fingerprint density at radius 3 is 2.37 bits per heavy atom. The Morgan fingerprint density at radius 1 is 0.895 bits per heavy atom. The average molecular weight is 250 g/mol. The molecule has 2 aromatic rings. The number of methoxy groups -OCH3 is 1. The van der Waals surface area contributed by atoms with E-state index in [4.69, 9.17) is 4.74 Å². The van der Waals surface area contributed by atoms with Crippen LogP contribution in [0.15, 0.2) is 54.1 Å². The molecule has 3 rings (SSSR count). The molecule has 1 aliphatic carbocycles. The molecular weight excluding hydrogens is 232 g/mol. The van der Waals surface area contributed by atoms with Crippen LogP contribution in [-0.4, -0.2) is 7.11 Å². The Morgan fingerprint density at radius 2 is 1.63 bits per heavy atom. The monoisotopic (exact) mass is 250 g/mol. The molecule has 1 aliphatic rings. The highest BCUT2D eigenvalue weighted by Gasteiger charge is 2.11. The number of hydrogen-bond acceptors (Lipinski definition) is 1. The summed E-state index contributed by atoms with van der Waals surface area (Å²) in [6.07, 6.45) is 5.73. The van der Waals surface area contributed by atoms with E-state index in [1.54, 1.807) is 7.11 Å². The van der Waals surface area contributed by atoms with E-state index in [1.807, 2.05) is 12.1 Å². The van der Waals surface area contributed by atoms with Crippen LogP contribution in [0.2, 0.25) is 0 Å². The summed E-state index contributed by atoms with van der Waals surface area (Å²) in [5.74, 6) is 0.913. The van der Waals surface area contributed by atoms with Crippen LogP contribution in [0.1, 0.15) is 23.1 Å². The van der Waals surface area contributed by atoms with Crippen molar-refractivity contribution in [1.29, 1.82) is 0 Å². The van der Waals surface area contributed by atoms with Gasteiger partial charge < -0.3 is 4.74 Å². The number of allylic oxidation sites excluding steroid dienone is 1. The summed E-state index contributed by atoms with van der Waals surface area (Å²) in [7, 11) is 1.70. The van der Waals surface area contributed by atoms with Gasteiger partial charge in [0.2, 0.25) is 0 Å². The third kappa shape index (κ3) is 2.70. The molecule has 1 heteroatoms. The maximum absolute atomic E-state index is 5.18. The zero-order chi connectivity index (χ0) is 13.1. The van der Waals surface area contributed by atoms with Gasteiger partial charge in [-0.15, -0.1) is 0 Å². The van der Waals surface area contributed by atoms with Gasteiger partial charge in [-0.1, -0.05) is 48.0 Å². The Hall–Kier alpha value is -2.02. The van der Waals surface area contributed by atoms with E-state index in [0.717, 1.165) is 18.6 Å².